The molecule has 0 aromatic rings. The van der Waals surface area contributed by atoms with Crippen molar-refractivity contribution in [3.8, 4) is 0 Å². The topological polar surface area (TPSA) is 64.6 Å². The molecule has 1 amide bonds. The fourth-order valence-corrected chi connectivity index (χ4v) is 1.29. The van der Waals surface area contributed by atoms with Gasteiger partial charge in [0, 0.05) is 0 Å². The molecule has 2 heterocycles. The molecule has 5 heteroatoms. The number of ether oxygens (including phenoxy) is 2. The zero-order valence-electron chi connectivity index (χ0n) is 5.87. The van der Waals surface area contributed by atoms with E-state index in [1.165, 1.54) is 0 Å². The van der Waals surface area contributed by atoms with Crippen LogP contribution in [0.1, 0.15) is 6.92 Å². The van der Waals surface area contributed by atoms with E-state index in [-0.39, 0.29) is 17.9 Å². The standard InChI is InChI=1S/C6H7NO4/c1-2-3-4(8)7-5(3)11-6(9)10-2/h2-3,5H,1H3,(H,7,8). The predicted molar refractivity (Wildman–Crippen MR) is 32.4 cm³/mol. The van der Waals surface area contributed by atoms with Crippen LogP contribution in [0.5, 0.6) is 0 Å². The number of hydrogen-bond acceptors (Lipinski definition) is 4. The molecule has 0 aromatic carbocycles. The molecule has 2 aliphatic heterocycles. The molecule has 0 spiro atoms. The Kier molecular flexibility index (Phi) is 1.10. The van der Waals surface area contributed by atoms with Gasteiger partial charge in [-0.15, -0.1) is 0 Å². The molecule has 2 fully saturated rings. The first-order valence-electron chi connectivity index (χ1n) is 3.36. The second-order valence-electron chi connectivity index (χ2n) is 2.65. The highest BCUT2D eigenvalue weighted by Gasteiger charge is 2.50. The SMILES string of the molecule is CC1OC(=O)OC2NC(=O)C12. The fourth-order valence-electron chi connectivity index (χ4n) is 1.29. The van der Waals surface area contributed by atoms with E-state index in [1.54, 1.807) is 6.92 Å². The van der Waals surface area contributed by atoms with E-state index in [1.807, 2.05) is 0 Å². The van der Waals surface area contributed by atoms with Crippen LogP contribution in [0.4, 0.5) is 4.79 Å². The summed E-state index contributed by atoms with van der Waals surface area (Å²) in [5.41, 5.74) is 0. The normalized spacial score (nSPS) is 41.0. The number of carbonyl (C=O) groups is 2. The van der Waals surface area contributed by atoms with Gasteiger partial charge in [-0.2, -0.15) is 0 Å². The van der Waals surface area contributed by atoms with E-state index in [2.05, 4.69) is 14.8 Å². The fraction of sp³-hybridized carbons (Fsp3) is 0.667. The van der Waals surface area contributed by atoms with Crippen molar-refractivity contribution in [3.05, 3.63) is 0 Å². The molecular weight excluding hydrogens is 150 g/mol. The van der Waals surface area contributed by atoms with Crippen molar-refractivity contribution >= 4 is 12.1 Å². The van der Waals surface area contributed by atoms with Crippen molar-refractivity contribution in [2.45, 2.75) is 19.3 Å². The molecule has 0 aliphatic carbocycles. The number of fused-ring (bicyclic) bond motifs is 1. The average molecular weight is 157 g/mol. The van der Waals surface area contributed by atoms with E-state index in [0.29, 0.717) is 0 Å². The lowest BCUT2D eigenvalue weighted by Crippen LogP contribution is -2.66. The van der Waals surface area contributed by atoms with Crippen molar-refractivity contribution in [2.75, 3.05) is 0 Å². The highest BCUT2D eigenvalue weighted by molar-refractivity contribution is 5.87. The number of carbonyl (C=O) groups excluding carboxylic acids is 2. The monoisotopic (exact) mass is 157 g/mol. The van der Waals surface area contributed by atoms with Crippen LogP contribution in [0.15, 0.2) is 0 Å². The highest BCUT2D eigenvalue weighted by Crippen LogP contribution is 2.27. The lowest BCUT2D eigenvalue weighted by atomic mass is 9.93. The van der Waals surface area contributed by atoms with Crippen LogP contribution in [0.25, 0.3) is 0 Å². The van der Waals surface area contributed by atoms with Crippen LogP contribution in [0, 0.1) is 5.92 Å². The van der Waals surface area contributed by atoms with E-state index in [4.69, 9.17) is 0 Å². The molecule has 3 unspecified atom stereocenters. The lowest BCUT2D eigenvalue weighted by molar-refractivity contribution is -0.174. The second-order valence-corrected chi connectivity index (χ2v) is 2.65. The molecular formula is C6H7NO4. The Balaban J connectivity index is 2.13. The van der Waals surface area contributed by atoms with Gasteiger partial charge in [-0.25, -0.2) is 4.79 Å². The third-order valence-electron chi connectivity index (χ3n) is 1.92. The van der Waals surface area contributed by atoms with Gasteiger partial charge in [-0.3, -0.25) is 4.79 Å². The third kappa shape index (κ3) is 0.768. The van der Waals surface area contributed by atoms with Gasteiger partial charge in [0.2, 0.25) is 5.91 Å². The highest BCUT2D eigenvalue weighted by atomic mass is 16.7. The van der Waals surface area contributed by atoms with Crippen LogP contribution in [0.2, 0.25) is 0 Å². The molecule has 2 aliphatic rings. The molecule has 0 saturated carbocycles. The lowest BCUT2D eigenvalue weighted by Gasteiger charge is -2.41. The molecule has 5 nitrogen and oxygen atoms in total. The van der Waals surface area contributed by atoms with Gasteiger partial charge in [0.15, 0.2) is 6.23 Å². The minimum Gasteiger partial charge on any atom is -0.430 e. The number of nitrogens with one attached hydrogen (secondary N) is 1. The molecule has 3 atom stereocenters. The van der Waals surface area contributed by atoms with Gasteiger partial charge in [0.05, 0.1) is 0 Å². The van der Waals surface area contributed by atoms with Crippen molar-refractivity contribution in [3.63, 3.8) is 0 Å². The first-order chi connectivity index (χ1) is 5.18. The summed E-state index contributed by atoms with van der Waals surface area (Å²) in [6.45, 7) is 1.68. The minimum atomic E-state index is -0.709. The molecule has 0 aromatic heterocycles. The summed E-state index contributed by atoms with van der Waals surface area (Å²) in [7, 11) is 0. The van der Waals surface area contributed by atoms with Crippen LogP contribution < -0.4 is 5.32 Å². The van der Waals surface area contributed by atoms with E-state index in [9.17, 15) is 9.59 Å². The maximum Gasteiger partial charge on any atom is 0.510 e. The summed E-state index contributed by atoms with van der Waals surface area (Å²) in [6, 6.07) is 0. The predicted octanol–water partition coefficient (Wildman–Crippen LogP) is -0.386. The summed E-state index contributed by atoms with van der Waals surface area (Å²) in [4.78, 5) is 21.4. The third-order valence-corrected chi connectivity index (χ3v) is 1.92. The number of amides is 1. The summed E-state index contributed by atoms with van der Waals surface area (Å²) in [5, 5.41) is 2.44. The summed E-state index contributed by atoms with van der Waals surface area (Å²) >= 11 is 0. The van der Waals surface area contributed by atoms with Crippen LogP contribution in [0.3, 0.4) is 0 Å². The first-order valence-corrected chi connectivity index (χ1v) is 3.36. The molecule has 1 N–H and O–H groups in total. The van der Waals surface area contributed by atoms with Gasteiger partial charge in [-0.05, 0) is 6.92 Å². The Morgan fingerprint density at radius 2 is 2.09 bits per heavy atom. The van der Waals surface area contributed by atoms with Gasteiger partial charge in [0.1, 0.15) is 12.0 Å². The summed E-state index contributed by atoms with van der Waals surface area (Å²) < 4.78 is 9.30. The van der Waals surface area contributed by atoms with E-state index in [0.717, 1.165) is 0 Å². The second kappa shape index (κ2) is 1.87. The Morgan fingerprint density at radius 1 is 1.36 bits per heavy atom. The Hall–Kier alpha value is -1.26. The summed E-state index contributed by atoms with van der Waals surface area (Å²) in [6.07, 6.45) is -1.53. The Morgan fingerprint density at radius 3 is 2.64 bits per heavy atom. The number of hydrogen-bond donors (Lipinski definition) is 1. The Bertz CT molecular complexity index is 215. The van der Waals surface area contributed by atoms with Gasteiger partial charge in [0.25, 0.3) is 0 Å². The van der Waals surface area contributed by atoms with Crippen LogP contribution in [-0.2, 0) is 14.3 Å². The van der Waals surface area contributed by atoms with Crippen molar-refractivity contribution < 1.29 is 19.1 Å². The largest absolute Gasteiger partial charge is 0.510 e. The van der Waals surface area contributed by atoms with Crippen LogP contribution >= 0.6 is 0 Å². The smallest absolute Gasteiger partial charge is 0.430 e. The number of rotatable bonds is 0. The van der Waals surface area contributed by atoms with Gasteiger partial charge in [-0.1, -0.05) is 0 Å². The zero-order chi connectivity index (χ0) is 8.01. The molecule has 2 rings (SSSR count). The maximum atomic E-state index is 10.8. The maximum absolute atomic E-state index is 10.8. The van der Waals surface area contributed by atoms with Crippen molar-refractivity contribution in [1.29, 1.82) is 0 Å². The molecule has 0 radical (unpaired) electrons. The Labute approximate surface area is 62.7 Å². The van der Waals surface area contributed by atoms with E-state index < -0.39 is 12.4 Å². The quantitative estimate of drug-likeness (QED) is 0.384. The molecule has 2 saturated heterocycles. The summed E-state index contributed by atoms with van der Waals surface area (Å²) in [5.74, 6) is -0.428. The molecule has 60 valence electrons. The first kappa shape index (κ1) is 6.45. The number of β-lactam (4-membered cyclic amide) rings is 1. The zero-order valence-corrected chi connectivity index (χ0v) is 5.87. The molecule has 0 bridgehead atoms. The minimum absolute atomic E-state index is 0.116. The van der Waals surface area contributed by atoms with Crippen LogP contribution in [-0.4, -0.2) is 24.4 Å². The van der Waals surface area contributed by atoms with Gasteiger partial charge >= 0.3 is 6.16 Å². The molecule has 11 heavy (non-hydrogen) atoms. The van der Waals surface area contributed by atoms with Gasteiger partial charge < -0.3 is 14.8 Å². The van der Waals surface area contributed by atoms with Crippen molar-refractivity contribution in [1.82, 2.24) is 5.32 Å². The van der Waals surface area contributed by atoms with E-state index >= 15 is 0 Å². The van der Waals surface area contributed by atoms with Crippen molar-refractivity contribution in [2.24, 2.45) is 5.92 Å². The average Bonchev–Trinajstić information content (AvgIpc) is 1.83. The number of cyclic esters (lactones) is 1.